The Bertz CT molecular complexity index is 744. The van der Waals surface area contributed by atoms with Gasteiger partial charge in [-0.25, -0.2) is 0 Å². The standard InChI is InChI=1S/C18H18Cl2N2O.2ClH/c1-3-11-8-22-16(7-13-14(19)9-21-10-15(13)20)18-12(11)5-4-6-17(18)23-2;;/h4-6,9-11H,3,7-8H2,1-2H3;2*1H. The van der Waals surface area contributed by atoms with Crippen LogP contribution in [-0.4, -0.2) is 24.4 Å². The van der Waals surface area contributed by atoms with Gasteiger partial charge in [0.1, 0.15) is 5.75 Å². The van der Waals surface area contributed by atoms with Crippen LogP contribution in [0.5, 0.6) is 5.75 Å². The van der Waals surface area contributed by atoms with Crippen molar-refractivity contribution in [2.75, 3.05) is 13.7 Å². The fourth-order valence-corrected chi connectivity index (χ4v) is 3.53. The molecule has 0 aliphatic carbocycles. The Labute approximate surface area is 170 Å². The van der Waals surface area contributed by atoms with E-state index in [-0.39, 0.29) is 24.8 Å². The predicted molar refractivity (Wildman–Crippen MR) is 110 cm³/mol. The van der Waals surface area contributed by atoms with Crippen molar-refractivity contribution in [2.45, 2.75) is 25.7 Å². The molecule has 3 rings (SSSR count). The number of rotatable bonds is 4. The van der Waals surface area contributed by atoms with Gasteiger partial charge in [0.15, 0.2) is 0 Å². The van der Waals surface area contributed by atoms with Crippen molar-refractivity contribution in [2.24, 2.45) is 4.99 Å². The Morgan fingerprint density at radius 1 is 1.16 bits per heavy atom. The molecule has 0 saturated carbocycles. The van der Waals surface area contributed by atoms with Gasteiger partial charge < -0.3 is 4.74 Å². The molecule has 0 radical (unpaired) electrons. The van der Waals surface area contributed by atoms with Crippen molar-refractivity contribution in [3.05, 3.63) is 57.3 Å². The molecule has 1 aromatic heterocycles. The molecule has 7 heteroatoms. The van der Waals surface area contributed by atoms with Gasteiger partial charge in [-0.2, -0.15) is 0 Å². The second-order valence-corrected chi connectivity index (χ2v) is 6.39. The fourth-order valence-electron chi connectivity index (χ4n) is 3.03. The number of aromatic nitrogens is 1. The molecule has 2 heterocycles. The molecule has 0 spiro atoms. The number of pyridine rings is 1. The molecule has 25 heavy (non-hydrogen) atoms. The molecule has 0 N–H and O–H groups in total. The highest BCUT2D eigenvalue weighted by Gasteiger charge is 2.25. The van der Waals surface area contributed by atoms with E-state index in [0.717, 1.165) is 35.6 Å². The highest BCUT2D eigenvalue weighted by molar-refractivity contribution is 6.36. The zero-order valence-corrected chi connectivity index (χ0v) is 17.1. The second kappa shape index (κ2) is 9.63. The minimum atomic E-state index is 0. The number of hydrogen-bond donors (Lipinski definition) is 0. The maximum Gasteiger partial charge on any atom is 0.128 e. The van der Waals surface area contributed by atoms with Gasteiger partial charge in [0.05, 0.1) is 22.9 Å². The number of hydrogen-bond acceptors (Lipinski definition) is 3. The van der Waals surface area contributed by atoms with Crippen LogP contribution >= 0.6 is 48.0 Å². The third-order valence-electron chi connectivity index (χ3n) is 4.30. The molecule has 1 aliphatic heterocycles. The van der Waals surface area contributed by atoms with Crippen LogP contribution in [0.2, 0.25) is 10.0 Å². The molecule has 0 amide bonds. The van der Waals surface area contributed by atoms with Crippen molar-refractivity contribution in [1.29, 1.82) is 0 Å². The van der Waals surface area contributed by atoms with Crippen molar-refractivity contribution in [3.63, 3.8) is 0 Å². The number of methoxy groups -OCH3 is 1. The number of halogens is 4. The highest BCUT2D eigenvalue weighted by Crippen LogP contribution is 2.36. The lowest BCUT2D eigenvalue weighted by Crippen LogP contribution is -2.20. The number of ether oxygens (including phenoxy) is 1. The first kappa shape index (κ1) is 22.0. The quantitative estimate of drug-likeness (QED) is 0.626. The van der Waals surface area contributed by atoms with Crippen LogP contribution < -0.4 is 4.74 Å². The molecular formula is C18H20Cl4N2O. The molecule has 0 bridgehead atoms. The van der Waals surface area contributed by atoms with E-state index in [2.05, 4.69) is 18.0 Å². The van der Waals surface area contributed by atoms with Gasteiger partial charge in [-0.1, -0.05) is 42.3 Å². The summed E-state index contributed by atoms with van der Waals surface area (Å²) in [4.78, 5) is 8.82. The summed E-state index contributed by atoms with van der Waals surface area (Å²) in [5.41, 5.74) is 4.20. The van der Waals surface area contributed by atoms with E-state index in [9.17, 15) is 0 Å². The van der Waals surface area contributed by atoms with Gasteiger partial charge in [0.2, 0.25) is 0 Å². The van der Waals surface area contributed by atoms with Crippen molar-refractivity contribution >= 4 is 53.7 Å². The van der Waals surface area contributed by atoms with Gasteiger partial charge in [-0.15, -0.1) is 24.8 Å². The largest absolute Gasteiger partial charge is 0.496 e. The Kier molecular flexibility index (Phi) is 8.49. The smallest absolute Gasteiger partial charge is 0.128 e. The van der Waals surface area contributed by atoms with Crippen molar-refractivity contribution < 1.29 is 4.74 Å². The van der Waals surface area contributed by atoms with Gasteiger partial charge in [-0.3, -0.25) is 9.98 Å². The lowest BCUT2D eigenvalue weighted by atomic mass is 9.85. The summed E-state index contributed by atoms with van der Waals surface area (Å²) in [5.74, 6) is 1.27. The van der Waals surface area contributed by atoms with Crippen LogP contribution in [0.15, 0.2) is 35.6 Å². The van der Waals surface area contributed by atoms with E-state index in [1.54, 1.807) is 19.5 Å². The maximum absolute atomic E-state index is 6.27. The first-order valence-corrected chi connectivity index (χ1v) is 8.39. The monoisotopic (exact) mass is 420 g/mol. The topological polar surface area (TPSA) is 34.5 Å². The average Bonchev–Trinajstić information content (AvgIpc) is 2.57. The van der Waals surface area contributed by atoms with E-state index >= 15 is 0 Å². The van der Waals surface area contributed by atoms with Gasteiger partial charge in [0.25, 0.3) is 0 Å². The Morgan fingerprint density at radius 2 is 1.84 bits per heavy atom. The van der Waals surface area contributed by atoms with Crippen LogP contribution in [0.4, 0.5) is 0 Å². The molecule has 1 atom stereocenters. The summed E-state index contributed by atoms with van der Waals surface area (Å²) in [6, 6.07) is 6.17. The summed E-state index contributed by atoms with van der Waals surface area (Å²) in [6.45, 7) is 2.97. The van der Waals surface area contributed by atoms with Crippen LogP contribution in [0.25, 0.3) is 0 Å². The van der Waals surface area contributed by atoms with Crippen LogP contribution in [0, 0.1) is 0 Å². The second-order valence-electron chi connectivity index (χ2n) is 5.58. The van der Waals surface area contributed by atoms with E-state index in [4.69, 9.17) is 32.9 Å². The first-order chi connectivity index (χ1) is 11.2. The SMILES string of the molecule is CCC1CN=C(Cc2c(Cl)cncc2Cl)c2c(OC)cccc21.Cl.Cl. The molecule has 2 aromatic rings. The summed E-state index contributed by atoms with van der Waals surface area (Å²) in [7, 11) is 1.69. The van der Waals surface area contributed by atoms with Gasteiger partial charge >= 0.3 is 0 Å². The summed E-state index contributed by atoms with van der Waals surface area (Å²) in [6.07, 6.45) is 4.85. The number of aliphatic imine (C=N–C) groups is 1. The summed E-state index contributed by atoms with van der Waals surface area (Å²) < 4.78 is 5.57. The summed E-state index contributed by atoms with van der Waals surface area (Å²) >= 11 is 12.5. The van der Waals surface area contributed by atoms with E-state index in [1.165, 1.54) is 5.56 Å². The molecular weight excluding hydrogens is 402 g/mol. The predicted octanol–water partition coefficient (Wildman–Crippen LogP) is 5.78. The maximum atomic E-state index is 6.27. The lowest BCUT2D eigenvalue weighted by Gasteiger charge is -2.26. The third-order valence-corrected chi connectivity index (χ3v) is 4.95. The number of nitrogens with zero attached hydrogens (tertiary/aromatic N) is 2. The molecule has 0 fully saturated rings. The zero-order valence-electron chi connectivity index (χ0n) is 14.0. The number of fused-ring (bicyclic) bond motifs is 1. The first-order valence-electron chi connectivity index (χ1n) is 7.64. The van der Waals surface area contributed by atoms with Crippen LogP contribution in [0.3, 0.4) is 0 Å². The van der Waals surface area contributed by atoms with Gasteiger partial charge in [-0.05, 0) is 23.6 Å². The van der Waals surface area contributed by atoms with Crippen LogP contribution in [0.1, 0.15) is 36.0 Å². The molecule has 1 unspecified atom stereocenters. The Balaban J connectivity index is 0.00000156. The molecule has 0 saturated heterocycles. The van der Waals surface area contributed by atoms with E-state index in [1.807, 2.05) is 12.1 Å². The zero-order chi connectivity index (χ0) is 16.4. The van der Waals surface area contributed by atoms with E-state index in [0.29, 0.717) is 22.4 Å². The Morgan fingerprint density at radius 3 is 2.44 bits per heavy atom. The minimum absolute atomic E-state index is 0. The highest BCUT2D eigenvalue weighted by atomic mass is 35.5. The van der Waals surface area contributed by atoms with E-state index < -0.39 is 0 Å². The van der Waals surface area contributed by atoms with Crippen LogP contribution in [-0.2, 0) is 6.42 Å². The number of benzene rings is 1. The average molecular weight is 422 g/mol. The summed E-state index contributed by atoms with van der Waals surface area (Å²) in [5, 5.41) is 1.13. The lowest BCUT2D eigenvalue weighted by molar-refractivity contribution is 0.412. The molecule has 3 nitrogen and oxygen atoms in total. The third kappa shape index (κ3) is 4.40. The normalized spacial score (nSPS) is 15.4. The van der Waals surface area contributed by atoms with Gasteiger partial charge in [0, 0.05) is 36.8 Å². The Hall–Kier alpha value is -1.000. The fraction of sp³-hybridized carbons (Fsp3) is 0.333. The van der Waals surface area contributed by atoms with Crippen molar-refractivity contribution in [1.82, 2.24) is 4.98 Å². The van der Waals surface area contributed by atoms with Crippen molar-refractivity contribution in [3.8, 4) is 5.75 Å². The molecule has 136 valence electrons. The molecule has 1 aromatic carbocycles. The molecule has 1 aliphatic rings. The minimum Gasteiger partial charge on any atom is -0.496 e.